The van der Waals surface area contributed by atoms with Gasteiger partial charge in [-0.3, -0.25) is 4.98 Å². The minimum Gasteiger partial charge on any atom is -0.490 e. The van der Waals surface area contributed by atoms with E-state index in [1.165, 1.54) is 6.42 Å². The summed E-state index contributed by atoms with van der Waals surface area (Å²) in [6.07, 6.45) is 5.16. The summed E-state index contributed by atoms with van der Waals surface area (Å²) in [5.74, 6) is 1.28. The quantitative estimate of drug-likeness (QED) is 0.848. The molecular weight excluding hydrogens is 200 g/mol. The molecule has 3 heteroatoms. The zero-order chi connectivity index (χ0) is 11.6. The van der Waals surface area contributed by atoms with Gasteiger partial charge in [0.15, 0.2) is 0 Å². The highest BCUT2D eigenvalue weighted by Crippen LogP contribution is 2.29. The fourth-order valence-electron chi connectivity index (χ4n) is 1.82. The monoisotopic (exact) mass is 220 g/mol. The Kier molecular flexibility index (Phi) is 3.15. The number of aromatic nitrogens is 1. The Bertz CT molecular complexity index is 341. The molecule has 16 heavy (non-hydrogen) atoms. The highest BCUT2D eigenvalue weighted by atomic mass is 16.5. The first-order valence-electron chi connectivity index (χ1n) is 5.97. The molecule has 1 aromatic rings. The number of rotatable bonds is 4. The van der Waals surface area contributed by atoms with E-state index in [1.54, 1.807) is 6.20 Å². The summed E-state index contributed by atoms with van der Waals surface area (Å²) < 4.78 is 5.66. The predicted molar refractivity (Wildman–Crippen MR) is 64.6 cm³/mol. The highest BCUT2D eigenvalue weighted by Gasteiger charge is 2.33. The molecule has 2 rings (SSSR count). The van der Waals surface area contributed by atoms with E-state index in [2.05, 4.69) is 18.8 Å². The van der Waals surface area contributed by atoms with E-state index in [0.717, 1.165) is 24.3 Å². The Balaban J connectivity index is 1.90. The maximum absolute atomic E-state index is 6.08. The zero-order valence-electron chi connectivity index (χ0n) is 10.1. The summed E-state index contributed by atoms with van der Waals surface area (Å²) in [4.78, 5) is 4.36. The number of pyridine rings is 1. The number of hydrogen-bond donors (Lipinski definition) is 1. The van der Waals surface area contributed by atoms with Crippen molar-refractivity contribution in [2.75, 3.05) is 6.61 Å². The van der Waals surface area contributed by atoms with Gasteiger partial charge in [-0.1, -0.05) is 13.8 Å². The molecule has 0 radical (unpaired) electrons. The first kappa shape index (κ1) is 11.4. The minimum absolute atomic E-state index is 0.0866. The van der Waals surface area contributed by atoms with Gasteiger partial charge in [0.2, 0.25) is 0 Å². The third-order valence-electron chi connectivity index (χ3n) is 3.23. The van der Waals surface area contributed by atoms with Gasteiger partial charge in [0.1, 0.15) is 12.4 Å². The Morgan fingerprint density at radius 3 is 2.62 bits per heavy atom. The first-order valence-corrected chi connectivity index (χ1v) is 5.97. The molecular formula is C13H20N2O. The van der Waals surface area contributed by atoms with Crippen LogP contribution in [-0.2, 0) is 0 Å². The average molecular weight is 220 g/mol. The van der Waals surface area contributed by atoms with E-state index in [-0.39, 0.29) is 5.54 Å². The maximum atomic E-state index is 6.08. The van der Waals surface area contributed by atoms with Crippen LogP contribution in [0.15, 0.2) is 18.3 Å². The second kappa shape index (κ2) is 4.42. The van der Waals surface area contributed by atoms with Gasteiger partial charge in [-0.2, -0.15) is 0 Å². The van der Waals surface area contributed by atoms with Crippen LogP contribution in [0.25, 0.3) is 0 Å². The molecule has 0 unspecified atom stereocenters. The van der Waals surface area contributed by atoms with Crippen molar-refractivity contribution in [3.63, 3.8) is 0 Å². The molecule has 0 atom stereocenters. The predicted octanol–water partition coefficient (Wildman–Crippen LogP) is 2.47. The molecule has 0 amide bonds. The molecule has 1 aliphatic rings. The highest BCUT2D eigenvalue weighted by molar-refractivity contribution is 5.21. The number of ether oxygens (including phenoxy) is 1. The van der Waals surface area contributed by atoms with Crippen molar-refractivity contribution in [2.45, 2.75) is 44.6 Å². The van der Waals surface area contributed by atoms with Crippen molar-refractivity contribution in [1.82, 2.24) is 4.98 Å². The summed E-state index contributed by atoms with van der Waals surface area (Å²) in [5, 5.41) is 0. The van der Waals surface area contributed by atoms with Crippen LogP contribution in [0.5, 0.6) is 5.75 Å². The van der Waals surface area contributed by atoms with Crippen LogP contribution in [0.1, 0.15) is 44.7 Å². The largest absolute Gasteiger partial charge is 0.490 e. The Labute approximate surface area is 97.0 Å². The Morgan fingerprint density at radius 2 is 2.19 bits per heavy atom. The number of nitrogens with two attached hydrogens (primary N) is 1. The Morgan fingerprint density at radius 1 is 1.44 bits per heavy atom. The molecule has 0 aromatic carbocycles. The summed E-state index contributed by atoms with van der Waals surface area (Å²) >= 11 is 0. The first-order chi connectivity index (χ1) is 7.59. The third-order valence-corrected chi connectivity index (χ3v) is 3.23. The summed E-state index contributed by atoms with van der Waals surface area (Å²) in [6.45, 7) is 4.87. The van der Waals surface area contributed by atoms with Crippen LogP contribution in [0, 0.1) is 0 Å². The molecule has 1 aromatic heterocycles. The van der Waals surface area contributed by atoms with E-state index in [0.29, 0.717) is 12.5 Å². The van der Waals surface area contributed by atoms with Gasteiger partial charge in [0, 0.05) is 5.69 Å². The smallest absolute Gasteiger partial charge is 0.137 e. The van der Waals surface area contributed by atoms with Crippen molar-refractivity contribution < 1.29 is 4.74 Å². The van der Waals surface area contributed by atoms with E-state index < -0.39 is 0 Å². The Hall–Kier alpha value is -1.09. The number of nitrogens with zero attached hydrogens (tertiary/aromatic N) is 1. The molecule has 0 spiro atoms. The van der Waals surface area contributed by atoms with Gasteiger partial charge in [0.05, 0.1) is 11.7 Å². The van der Waals surface area contributed by atoms with E-state index >= 15 is 0 Å². The molecule has 0 aliphatic heterocycles. The molecule has 1 saturated carbocycles. The standard InChI is InChI=1S/C13H20N2O/c1-10(2)12-5-4-11(8-15-12)16-9-13(14)6-3-7-13/h4-5,8,10H,3,6-7,9,14H2,1-2H3. The average Bonchev–Trinajstić information content (AvgIpc) is 2.24. The van der Waals surface area contributed by atoms with Gasteiger partial charge >= 0.3 is 0 Å². The van der Waals surface area contributed by atoms with Crippen LogP contribution in [-0.4, -0.2) is 17.1 Å². The van der Waals surface area contributed by atoms with Crippen LogP contribution in [0.3, 0.4) is 0 Å². The summed E-state index contributed by atoms with van der Waals surface area (Å²) in [6, 6.07) is 3.99. The normalized spacial score (nSPS) is 18.2. The molecule has 1 aliphatic carbocycles. The maximum Gasteiger partial charge on any atom is 0.137 e. The second-order valence-corrected chi connectivity index (χ2v) is 5.08. The molecule has 1 heterocycles. The molecule has 2 N–H and O–H groups in total. The summed E-state index contributed by atoms with van der Waals surface area (Å²) in [7, 11) is 0. The van der Waals surface area contributed by atoms with Crippen LogP contribution >= 0.6 is 0 Å². The van der Waals surface area contributed by atoms with Gasteiger partial charge in [0.25, 0.3) is 0 Å². The lowest BCUT2D eigenvalue weighted by molar-refractivity contribution is 0.142. The lowest BCUT2D eigenvalue weighted by Crippen LogP contribution is -2.51. The van der Waals surface area contributed by atoms with Gasteiger partial charge in [-0.25, -0.2) is 0 Å². The lowest BCUT2D eigenvalue weighted by Gasteiger charge is -2.37. The lowest BCUT2D eigenvalue weighted by atomic mass is 9.78. The van der Waals surface area contributed by atoms with Gasteiger partial charge < -0.3 is 10.5 Å². The minimum atomic E-state index is -0.0866. The molecule has 3 nitrogen and oxygen atoms in total. The van der Waals surface area contributed by atoms with Crippen molar-refractivity contribution >= 4 is 0 Å². The molecule has 1 fully saturated rings. The second-order valence-electron chi connectivity index (χ2n) is 5.08. The van der Waals surface area contributed by atoms with E-state index in [9.17, 15) is 0 Å². The van der Waals surface area contributed by atoms with Crippen molar-refractivity contribution in [1.29, 1.82) is 0 Å². The SMILES string of the molecule is CC(C)c1ccc(OCC2(N)CCC2)cn1. The molecule has 88 valence electrons. The van der Waals surface area contributed by atoms with Crippen LogP contribution < -0.4 is 10.5 Å². The number of hydrogen-bond acceptors (Lipinski definition) is 3. The zero-order valence-corrected chi connectivity index (χ0v) is 10.1. The van der Waals surface area contributed by atoms with Crippen LogP contribution in [0.2, 0.25) is 0 Å². The van der Waals surface area contributed by atoms with Crippen LogP contribution in [0.4, 0.5) is 0 Å². The van der Waals surface area contributed by atoms with Crippen molar-refractivity contribution in [3.05, 3.63) is 24.0 Å². The van der Waals surface area contributed by atoms with Gasteiger partial charge in [-0.05, 0) is 37.3 Å². The topological polar surface area (TPSA) is 48.1 Å². The van der Waals surface area contributed by atoms with E-state index in [4.69, 9.17) is 10.5 Å². The fourth-order valence-corrected chi connectivity index (χ4v) is 1.82. The van der Waals surface area contributed by atoms with Crippen molar-refractivity contribution in [3.8, 4) is 5.75 Å². The summed E-state index contributed by atoms with van der Waals surface area (Å²) in [5.41, 5.74) is 7.09. The third kappa shape index (κ3) is 2.53. The molecule has 0 saturated heterocycles. The van der Waals surface area contributed by atoms with E-state index in [1.807, 2.05) is 12.1 Å². The fraction of sp³-hybridized carbons (Fsp3) is 0.615. The molecule has 0 bridgehead atoms. The van der Waals surface area contributed by atoms with Gasteiger partial charge in [-0.15, -0.1) is 0 Å². The van der Waals surface area contributed by atoms with Crippen molar-refractivity contribution in [2.24, 2.45) is 5.73 Å².